The molecule has 0 radical (unpaired) electrons. The highest BCUT2D eigenvalue weighted by molar-refractivity contribution is 6.31. The van der Waals surface area contributed by atoms with Crippen LogP contribution in [0.4, 0.5) is 11.4 Å². The van der Waals surface area contributed by atoms with Crippen LogP contribution in [0.2, 0.25) is 5.02 Å². The van der Waals surface area contributed by atoms with E-state index in [4.69, 9.17) is 16.3 Å². The third kappa shape index (κ3) is 3.79. The summed E-state index contributed by atoms with van der Waals surface area (Å²) in [6.07, 6.45) is 0.143. The Bertz CT molecular complexity index is 368. The second-order valence-electron chi connectivity index (χ2n) is 4.43. The molecule has 0 bridgehead atoms. The average molecular weight is 257 g/mol. The highest BCUT2D eigenvalue weighted by atomic mass is 35.5. The van der Waals surface area contributed by atoms with Gasteiger partial charge in [-0.05, 0) is 32.0 Å². The molecule has 0 amide bonds. The molecule has 3 nitrogen and oxygen atoms in total. The Hall–Kier alpha value is -0.930. The number of rotatable bonds is 5. The maximum atomic E-state index is 6.03. The van der Waals surface area contributed by atoms with Gasteiger partial charge in [-0.3, -0.25) is 0 Å². The number of hydrogen-bond donors (Lipinski definition) is 1. The second-order valence-corrected chi connectivity index (χ2v) is 4.87. The lowest BCUT2D eigenvalue weighted by Gasteiger charge is -2.25. The Balaban J connectivity index is 2.92. The monoisotopic (exact) mass is 256 g/mol. The highest BCUT2D eigenvalue weighted by Crippen LogP contribution is 2.28. The minimum atomic E-state index is 0.143. The van der Waals surface area contributed by atoms with Gasteiger partial charge in [0.05, 0.1) is 17.5 Å². The third-order valence-electron chi connectivity index (χ3n) is 2.90. The topological polar surface area (TPSA) is 24.5 Å². The van der Waals surface area contributed by atoms with Crippen LogP contribution in [-0.2, 0) is 4.74 Å². The van der Waals surface area contributed by atoms with Gasteiger partial charge < -0.3 is 15.0 Å². The second kappa shape index (κ2) is 6.12. The summed E-state index contributed by atoms with van der Waals surface area (Å²) in [5.74, 6) is 0. The van der Waals surface area contributed by atoms with Crippen molar-refractivity contribution in [3.05, 3.63) is 23.2 Å². The Morgan fingerprint density at radius 3 is 2.47 bits per heavy atom. The number of nitrogens with one attached hydrogen (secondary N) is 1. The molecule has 96 valence electrons. The Morgan fingerprint density at radius 1 is 1.29 bits per heavy atom. The van der Waals surface area contributed by atoms with Crippen LogP contribution in [0, 0.1) is 0 Å². The zero-order valence-corrected chi connectivity index (χ0v) is 11.9. The van der Waals surface area contributed by atoms with Gasteiger partial charge in [0, 0.05) is 32.3 Å². The maximum absolute atomic E-state index is 6.03. The number of anilines is 2. The predicted octanol–water partition coefficient (Wildman–Crippen LogP) is 3.24. The smallest absolute Gasteiger partial charge is 0.0741 e. The van der Waals surface area contributed by atoms with Crippen molar-refractivity contribution in [2.75, 3.05) is 31.4 Å². The molecule has 0 aromatic heterocycles. The maximum Gasteiger partial charge on any atom is 0.0741 e. The molecule has 1 N–H and O–H groups in total. The highest BCUT2D eigenvalue weighted by Gasteiger charge is 2.13. The summed E-state index contributed by atoms with van der Waals surface area (Å²) < 4.78 is 5.31. The van der Waals surface area contributed by atoms with E-state index in [1.165, 1.54) is 0 Å². The fourth-order valence-corrected chi connectivity index (χ4v) is 1.75. The van der Waals surface area contributed by atoms with E-state index in [0.29, 0.717) is 0 Å². The van der Waals surface area contributed by atoms with Crippen LogP contribution in [0.5, 0.6) is 0 Å². The van der Waals surface area contributed by atoms with Crippen LogP contribution in [0.3, 0.4) is 0 Å². The first-order valence-electron chi connectivity index (χ1n) is 5.72. The van der Waals surface area contributed by atoms with E-state index < -0.39 is 0 Å². The first-order chi connectivity index (χ1) is 7.95. The van der Waals surface area contributed by atoms with E-state index in [-0.39, 0.29) is 12.1 Å². The van der Waals surface area contributed by atoms with E-state index in [9.17, 15) is 0 Å². The molecule has 0 spiro atoms. The van der Waals surface area contributed by atoms with Crippen molar-refractivity contribution in [3.8, 4) is 0 Å². The van der Waals surface area contributed by atoms with Gasteiger partial charge in [-0.15, -0.1) is 0 Å². The van der Waals surface area contributed by atoms with E-state index >= 15 is 0 Å². The summed E-state index contributed by atoms with van der Waals surface area (Å²) in [7, 11) is 5.74. The van der Waals surface area contributed by atoms with Gasteiger partial charge in [0.25, 0.3) is 0 Å². The molecular weight excluding hydrogens is 236 g/mol. The number of methoxy groups -OCH3 is 1. The van der Waals surface area contributed by atoms with Crippen LogP contribution in [-0.4, -0.2) is 33.4 Å². The molecule has 1 aromatic rings. The molecule has 1 aromatic carbocycles. The Labute approximate surface area is 109 Å². The molecule has 0 saturated heterocycles. The van der Waals surface area contributed by atoms with Crippen molar-refractivity contribution in [1.29, 1.82) is 0 Å². The first kappa shape index (κ1) is 14.1. The SMILES string of the molecule is COC(C)C(C)Nc1cc(Cl)ccc1N(C)C. The van der Waals surface area contributed by atoms with E-state index in [1.807, 2.05) is 39.2 Å². The van der Waals surface area contributed by atoms with Gasteiger partial charge in [0.1, 0.15) is 0 Å². The van der Waals surface area contributed by atoms with Gasteiger partial charge in [-0.2, -0.15) is 0 Å². The van der Waals surface area contributed by atoms with Gasteiger partial charge in [-0.25, -0.2) is 0 Å². The molecule has 4 heteroatoms. The summed E-state index contributed by atoms with van der Waals surface area (Å²) in [4.78, 5) is 2.06. The van der Waals surface area contributed by atoms with Gasteiger partial charge in [-0.1, -0.05) is 11.6 Å². The molecule has 0 aliphatic carbocycles. The lowest BCUT2D eigenvalue weighted by atomic mass is 10.1. The normalized spacial score (nSPS) is 14.2. The van der Waals surface area contributed by atoms with E-state index in [1.54, 1.807) is 7.11 Å². The molecule has 17 heavy (non-hydrogen) atoms. The zero-order valence-electron chi connectivity index (χ0n) is 11.1. The summed E-state index contributed by atoms with van der Waals surface area (Å²) in [6.45, 7) is 4.13. The van der Waals surface area contributed by atoms with Gasteiger partial charge in [0.2, 0.25) is 0 Å². The predicted molar refractivity (Wildman–Crippen MR) is 75.3 cm³/mol. The average Bonchev–Trinajstić information content (AvgIpc) is 2.27. The van der Waals surface area contributed by atoms with Crippen molar-refractivity contribution in [3.63, 3.8) is 0 Å². The van der Waals surface area contributed by atoms with Crippen molar-refractivity contribution >= 4 is 23.0 Å². The van der Waals surface area contributed by atoms with Crippen LogP contribution >= 0.6 is 11.6 Å². The molecule has 1 rings (SSSR count). The van der Waals surface area contributed by atoms with Crippen molar-refractivity contribution < 1.29 is 4.74 Å². The van der Waals surface area contributed by atoms with Crippen LogP contribution < -0.4 is 10.2 Å². The number of benzene rings is 1. The Kier molecular flexibility index (Phi) is 5.09. The van der Waals surface area contributed by atoms with Crippen LogP contribution in [0.1, 0.15) is 13.8 Å². The van der Waals surface area contributed by atoms with Crippen molar-refractivity contribution in [2.24, 2.45) is 0 Å². The van der Waals surface area contributed by atoms with Crippen LogP contribution in [0.15, 0.2) is 18.2 Å². The largest absolute Gasteiger partial charge is 0.380 e. The molecular formula is C13H21ClN2O. The third-order valence-corrected chi connectivity index (χ3v) is 3.13. The fraction of sp³-hybridized carbons (Fsp3) is 0.538. The molecule has 0 saturated carbocycles. The lowest BCUT2D eigenvalue weighted by molar-refractivity contribution is 0.106. The number of halogens is 1. The van der Waals surface area contributed by atoms with Crippen LogP contribution in [0.25, 0.3) is 0 Å². The molecule has 0 aliphatic heterocycles. The quantitative estimate of drug-likeness (QED) is 0.875. The van der Waals surface area contributed by atoms with Gasteiger partial charge in [0.15, 0.2) is 0 Å². The standard InChI is InChI=1S/C13H21ClN2O/c1-9(10(2)17-5)15-12-8-11(14)6-7-13(12)16(3)4/h6-10,15H,1-5H3. The zero-order chi connectivity index (χ0) is 13.0. The molecule has 0 aliphatic rings. The molecule has 0 fully saturated rings. The minimum Gasteiger partial charge on any atom is -0.380 e. The summed E-state index contributed by atoms with van der Waals surface area (Å²) in [6, 6.07) is 6.06. The molecule has 2 atom stereocenters. The fourth-order valence-electron chi connectivity index (χ4n) is 1.58. The summed E-state index contributed by atoms with van der Waals surface area (Å²) in [5, 5.41) is 4.16. The first-order valence-corrected chi connectivity index (χ1v) is 6.09. The summed E-state index contributed by atoms with van der Waals surface area (Å²) in [5.41, 5.74) is 2.14. The number of hydrogen-bond acceptors (Lipinski definition) is 3. The minimum absolute atomic E-state index is 0.143. The number of nitrogens with zero attached hydrogens (tertiary/aromatic N) is 1. The molecule has 0 heterocycles. The Morgan fingerprint density at radius 2 is 1.94 bits per heavy atom. The van der Waals surface area contributed by atoms with Gasteiger partial charge >= 0.3 is 0 Å². The number of ether oxygens (including phenoxy) is 1. The van der Waals surface area contributed by atoms with Crippen molar-refractivity contribution in [1.82, 2.24) is 0 Å². The summed E-state index contributed by atoms with van der Waals surface area (Å²) >= 11 is 6.03. The van der Waals surface area contributed by atoms with E-state index in [2.05, 4.69) is 17.1 Å². The lowest BCUT2D eigenvalue weighted by Crippen LogP contribution is -2.30. The molecule has 2 unspecified atom stereocenters. The van der Waals surface area contributed by atoms with Crippen molar-refractivity contribution in [2.45, 2.75) is 26.0 Å². The van der Waals surface area contributed by atoms with E-state index in [0.717, 1.165) is 16.4 Å².